The topological polar surface area (TPSA) is 260 Å². The van der Waals surface area contributed by atoms with Crippen molar-refractivity contribution in [2.45, 2.75) is 183 Å². The first-order valence-electron chi connectivity index (χ1n) is 27.2. The van der Waals surface area contributed by atoms with Crippen LogP contribution in [0.4, 0.5) is 0 Å². The maximum Gasteiger partial charge on any atom is 0.303 e. The van der Waals surface area contributed by atoms with Gasteiger partial charge in [0.15, 0.2) is 0 Å². The van der Waals surface area contributed by atoms with Crippen LogP contribution in [0.2, 0.25) is 0 Å². The summed E-state index contributed by atoms with van der Waals surface area (Å²) >= 11 is 0. The molecule has 3 aromatic carbocycles. The zero-order valence-electron chi connectivity index (χ0n) is 43.5. The highest BCUT2D eigenvalue weighted by Crippen LogP contribution is 2.46. The van der Waals surface area contributed by atoms with Crippen LogP contribution in [0.15, 0.2) is 102 Å². The number of aryl methyl sites for hydroxylation is 2. The molecule has 0 saturated carbocycles. The van der Waals surface area contributed by atoms with Gasteiger partial charge >= 0.3 is 11.9 Å². The van der Waals surface area contributed by atoms with Crippen molar-refractivity contribution in [3.8, 4) is 17.6 Å². The number of rotatable bonds is 16. The Hall–Kier alpha value is -5.18. The minimum atomic E-state index is -1.69. The highest BCUT2D eigenvalue weighted by atomic mass is 16.4. The fourth-order valence-electron chi connectivity index (χ4n) is 12.5. The minimum Gasteiger partial charge on any atom is -0.508 e. The number of phenolic OH excluding ortho intramolecular Hbond substituents is 1. The lowest BCUT2D eigenvalue weighted by molar-refractivity contribution is -0.140. The SMILES string of the molecule is CCCCC(O)C(O)C=CC1=C(CC(O)CO)C2CCC(O)C3NC(C)CCC(C(O)Cc4ccc(cc4CCC(=O)O)CC4(N2)C(C#Cc2ccccc2CC1)C=CCC4(O)Cc1ccc(O)cc1)C3CC(=O)O. The number of carboxylic acid groups (broad SMARTS) is 2. The van der Waals surface area contributed by atoms with Gasteiger partial charge in [-0.3, -0.25) is 9.59 Å². The van der Waals surface area contributed by atoms with E-state index in [2.05, 4.69) is 22.5 Å². The van der Waals surface area contributed by atoms with Gasteiger partial charge in [0.25, 0.3) is 0 Å². The van der Waals surface area contributed by atoms with Crippen molar-refractivity contribution in [1.82, 2.24) is 10.6 Å². The lowest BCUT2D eigenvalue weighted by Gasteiger charge is -2.54. The molecule has 14 heteroatoms. The van der Waals surface area contributed by atoms with E-state index in [9.17, 15) is 60.7 Å². The Morgan fingerprint density at radius 3 is 2.43 bits per heavy atom. The van der Waals surface area contributed by atoms with E-state index in [0.29, 0.717) is 66.4 Å². The Kier molecular flexibility index (Phi) is 20.1. The van der Waals surface area contributed by atoms with Gasteiger partial charge in [0.1, 0.15) is 5.75 Å². The number of aromatic hydroxyl groups is 1. The van der Waals surface area contributed by atoms with E-state index < -0.39 is 90.0 Å². The number of nitrogens with one attached hydrogen (secondary N) is 2. The summed E-state index contributed by atoms with van der Waals surface area (Å²) in [5.41, 5.74) is 2.68. The second kappa shape index (κ2) is 26.2. The van der Waals surface area contributed by atoms with Crippen molar-refractivity contribution >= 4 is 11.9 Å². The Balaban J connectivity index is 1.56. The van der Waals surface area contributed by atoms with Crippen LogP contribution in [0.5, 0.6) is 5.75 Å². The number of unbranched alkanes of at least 4 members (excludes halogenated alkanes) is 1. The van der Waals surface area contributed by atoms with E-state index >= 15 is 0 Å². The first-order chi connectivity index (χ1) is 35.9. The average molecular weight is 1030 g/mol. The summed E-state index contributed by atoms with van der Waals surface area (Å²) in [6, 6.07) is 18.4. The van der Waals surface area contributed by atoms with Gasteiger partial charge in [-0.1, -0.05) is 104 Å². The van der Waals surface area contributed by atoms with E-state index in [-0.39, 0.29) is 76.0 Å². The fourth-order valence-corrected chi connectivity index (χ4v) is 12.5. The number of aliphatic hydroxyl groups excluding tert-OH is 6. The van der Waals surface area contributed by atoms with Crippen LogP contribution in [0.25, 0.3) is 0 Å². The molecule has 75 heavy (non-hydrogen) atoms. The number of benzene rings is 3. The van der Waals surface area contributed by atoms with Crippen LogP contribution >= 0.6 is 0 Å². The van der Waals surface area contributed by atoms with Crippen molar-refractivity contribution < 1.29 is 60.7 Å². The summed E-state index contributed by atoms with van der Waals surface area (Å²) in [6.07, 6.45) is 5.39. The smallest absolute Gasteiger partial charge is 0.303 e. The van der Waals surface area contributed by atoms with Gasteiger partial charge in [0.05, 0.1) is 60.6 Å². The molecule has 14 nitrogen and oxygen atoms in total. The van der Waals surface area contributed by atoms with Gasteiger partial charge in [-0.05, 0) is 153 Å². The molecule has 3 aromatic rings. The van der Waals surface area contributed by atoms with Crippen LogP contribution < -0.4 is 10.6 Å². The molecule has 406 valence electrons. The highest BCUT2D eigenvalue weighted by Gasteiger charge is 2.56. The average Bonchev–Trinajstić information content (AvgIpc) is 3.54. The molecule has 13 atom stereocenters. The Morgan fingerprint density at radius 2 is 1.69 bits per heavy atom. The second-order valence-electron chi connectivity index (χ2n) is 21.9. The number of hydrogen-bond acceptors (Lipinski definition) is 12. The van der Waals surface area contributed by atoms with Crippen LogP contribution in [0.3, 0.4) is 0 Å². The molecule has 5 aliphatic rings. The standard InChI is InChI=1S/C61H80N2O12/c1-3-4-11-53(67)54(68)27-20-43-18-17-41-8-5-6-9-42(41)19-22-46-10-7-30-60(75,35-39-14-23-47(65)24-15-39)61(46)36-40-13-16-45(44(31-40)21-29-57(71)72)32-56(70)49-25-12-38(2)62-59(51(49)34-58(73)74)55(69)28-26-52(63-61)50(43)33-48(66)37-64/h5-10,13-16,20,23-24,27,31,38,46,48-49,51-56,59,62-70,75H,3-4,11-12,17-18,21,25-26,28-30,32-37H2,1-2H3,(H,71,72)(H,73,74). The number of hydrogen-bond donors (Lipinski definition) is 12. The van der Waals surface area contributed by atoms with Gasteiger partial charge in [0, 0.05) is 36.5 Å². The van der Waals surface area contributed by atoms with Gasteiger partial charge in [-0.2, -0.15) is 0 Å². The van der Waals surface area contributed by atoms with Crippen molar-refractivity contribution in [3.63, 3.8) is 0 Å². The zero-order valence-corrected chi connectivity index (χ0v) is 43.5. The number of allylic oxidation sites excluding steroid dienone is 2. The third-order valence-electron chi connectivity index (χ3n) is 16.6. The van der Waals surface area contributed by atoms with Crippen molar-refractivity contribution in [1.29, 1.82) is 0 Å². The molecular weight excluding hydrogens is 953 g/mol. The normalized spacial score (nSPS) is 29.6. The summed E-state index contributed by atoms with van der Waals surface area (Å²) < 4.78 is 0. The monoisotopic (exact) mass is 1030 g/mol. The number of aliphatic carboxylic acids is 2. The third kappa shape index (κ3) is 14.5. The Morgan fingerprint density at radius 1 is 0.920 bits per heavy atom. The first kappa shape index (κ1) is 57.5. The van der Waals surface area contributed by atoms with E-state index in [1.807, 2.05) is 68.5 Å². The number of carboxylic acids is 2. The molecule has 0 amide bonds. The molecule has 0 radical (unpaired) electrons. The summed E-state index contributed by atoms with van der Waals surface area (Å²) in [6.45, 7) is 3.38. The molecule has 0 aromatic heterocycles. The van der Waals surface area contributed by atoms with E-state index in [1.54, 1.807) is 36.4 Å². The largest absolute Gasteiger partial charge is 0.508 e. The third-order valence-corrected chi connectivity index (χ3v) is 16.6. The summed E-state index contributed by atoms with van der Waals surface area (Å²) in [5, 5.41) is 122. The van der Waals surface area contributed by atoms with Crippen LogP contribution in [0, 0.1) is 29.6 Å². The van der Waals surface area contributed by atoms with Gasteiger partial charge in [-0.25, -0.2) is 0 Å². The molecule has 6 bridgehead atoms. The zero-order chi connectivity index (χ0) is 53.9. The quantitative estimate of drug-likeness (QED) is 0.0615. The Bertz CT molecular complexity index is 2570. The van der Waals surface area contributed by atoms with Gasteiger partial charge in [0.2, 0.25) is 0 Å². The van der Waals surface area contributed by atoms with Gasteiger partial charge in [-0.15, -0.1) is 0 Å². The maximum atomic E-state index is 14.0. The van der Waals surface area contributed by atoms with E-state index in [0.717, 1.165) is 23.1 Å². The molecule has 4 aliphatic heterocycles. The highest BCUT2D eigenvalue weighted by molar-refractivity contribution is 5.67. The van der Waals surface area contributed by atoms with Crippen molar-refractivity contribution in [2.75, 3.05) is 6.61 Å². The lowest BCUT2D eigenvalue weighted by atomic mass is 9.60. The van der Waals surface area contributed by atoms with Crippen LogP contribution in [0.1, 0.15) is 124 Å². The second-order valence-corrected chi connectivity index (χ2v) is 21.9. The molecular formula is C61H80N2O12. The number of phenols is 1. The molecule has 1 aliphatic carbocycles. The molecule has 8 rings (SSSR count). The molecule has 1 spiro atoms. The summed E-state index contributed by atoms with van der Waals surface area (Å²) in [4.78, 5) is 25.1. The van der Waals surface area contributed by atoms with Gasteiger partial charge < -0.3 is 61.7 Å². The van der Waals surface area contributed by atoms with Crippen molar-refractivity contribution in [2.24, 2.45) is 17.8 Å². The molecule has 13 unspecified atom stereocenters. The predicted octanol–water partition coefficient (Wildman–Crippen LogP) is 5.61. The maximum absolute atomic E-state index is 14.0. The number of fused-ring (bicyclic) bond motifs is 6. The summed E-state index contributed by atoms with van der Waals surface area (Å²) in [5.74, 6) is 3.05. The molecule has 4 heterocycles. The summed E-state index contributed by atoms with van der Waals surface area (Å²) in [7, 11) is 0. The molecule has 1 fully saturated rings. The van der Waals surface area contributed by atoms with Crippen LogP contribution in [-0.4, -0.2) is 129 Å². The van der Waals surface area contributed by atoms with Crippen LogP contribution in [-0.2, 0) is 41.7 Å². The predicted molar refractivity (Wildman–Crippen MR) is 287 cm³/mol. The van der Waals surface area contributed by atoms with E-state index in [1.165, 1.54) is 0 Å². The number of aliphatic hydroxyl groups is 7. The first-order valence-corrected chi connectivity index (χ1v) is 27.2. The number of carbonyl (C=O) groups is 2. The Labute approximate surface area is 442 Å². The fraction of sp³-hybridized carbons (Fsp3) is 0.541. The molecule has 1 saturated heterocycles. The van der Waals surface area contributed by atoms with Crippen molar-refractivity contribution in [3.05, 3.63) is 136 Å². The van der Waals surface area contributed by atoms with E-state index in [4.69, 9.17) is 0 Å². The lowest BCUT2D eigenvalue weighted by Crippen LogP contribution is -2.71. The minimum absolute atomic E-state index is 0.0525. The molecule has 12 N–H and O–H groups in total.